The van der Waals surface area contributed by atoms with Gasteiger partial charge in [-0.15, -0.1) is 11.3 Å². The lowest BCUT2D eigenvalue weighted by atomic mass is 10.3. The summed E-state index contributed by atoms with van der Waals surface area (Å²) in [6, 6.07) is 1.47. The number of carboxylic acid groups (broad SMARTS) is 1. The Kier molecular flexibility index (Phi) is 2.78. The number of aromatic carboxylic acids is 1. The van der Waals surface area contributed by atoms with E-state index in [0.29, 0.717) is 5.00 Å². The van der Waals surface area contributed by atoms with E-state index in [2.05, 4.69) is 15.3 Å². The number of halogens is 1. The van der Waals surface area contributed by atoms with E-state index in [0.717, 1.165) is 12.4 Å². The second-order valence-electron chi connectivity index (χ2n) is 2.82. The summed E-state index contributed by atoms with van der Waals surface area (Å²) in [5, 5.41) is 13.6. The van der Waals surface area contributed by atoms with Gasteiger partial charge < -0.3 is 10.4 Å². The Hall–Kier alpha value is -2.02. The third-order valence-electron chi connectivity index (χ3n) is 1.74. The molecule has 16 heavy (non-hydrogen) atoms. The molecule has 0 aliphatic heterocycles. The van der Waals surface area contributed by atoms with Crippen molar-refractivity contribution >= 4 is 28.3 Å². The summed E-state index contributed by atoms with van der Waals surface area (Å²) >= 11 is 1.21. The van der Waals surface area contributed by atoms with Crippen molar-refractivity contribution < 1.29 is 14.3 Å². The largest absolute Gasteiger partial charge is 0.478 e. The highest BCUT2D eigenvalue weighted by Gasteiger charge is 2.12. The number of carboxylic acids is 1. The van der Waals surface area contributed by atoms with E-state index in [4.69, 9.17) is 5.11 Å². The third-order valence-corrected chi connectivity index (χ3v) is 2.57. The number of nitrogens with one attached hydrogen (secondary N) is 1. The molecule has 2 aromatic rings. The van der Waals surface area contributed by atoms with Gasteiger partial charge in [0.2, 0.25) is 5.95 Å². The molecule has 0 fully saturated rings. The molecule has 0 radical (unpaired) electrons. The molecule has 0 bridgehead atoms. The first-order chi connectivity index (χ1) is 7.66. The highest BCUT2D eigenvalue weighted by Crippen LogP contribution is 2.25. The molecular formula is C9H6FN3O2S. The SMILES string of the molecule is O=C(O)c1ccsc1Nc1ncc(F)cn1. The predicted molar refractivity (Wildman–Crippen MR) is 56.6 cm³/mol. The van der Waals surface area contributed by atoms with Crippen LogP contribution in [0.25, 0.3) is 0 Å². The number of hydrogen-bond acceptors (Lipinski definition) is 5. The van der Waals surface area contributed by atoms with Gasteiger partial charge >= 0.3 is 5.97 Å². The number of aromatic nitrogens is 2. The maximum absolute atomic E-state index is 12.5. The van der Waals surface area contributed by atoms with Crippen LogP contribution in [0.15, 0.2) is 23.8 Å². The summed E-state index contributed by atoms with van der Waals surface area (Å²) in [7, 11) is 0. The van der Waals surface area contributed by atoms with E-state index < -0.39 is 11.8 Å². The Morgan fingerprint density at radius 2 is 2.12 bits per heavy atom. The van der Waals surface area contributed by atoms with Crippen LogP contribution in [0.4, 0.5) is 15.3 Å². The lowest BCUT2D eigenvalue weighted by Crippen LogP contribution is -2.01. The van der Waals surface area contributed by atoms with Crippen LogP contribution in [0.5, 0.6) is 0 Å². The van der Waals surface area contributed by atoms with Gasteiger partial charge in [0.1, 0.15) is 5.00 Å². The summed E-state index contributed by atoms with van der Waals surface area (Å²) in [5.74, 6) is -1.42. The van der Waals surface area contributed by atoms with Crippen LogP contribution in [0.3, 0.4) is 0 Å². The zero-order chi connectivity index (χ0) is 11.5. The van der Waals surface area contributed by atoms with E-state index in [1.165, 1.54) is 17.4 Å². The molecule has 2 N–H and O–H groups in total. The second kappa shape index (κ2) is 4.23. The normalized spacial score (nSPS) is 10.1. The first-order valence-corrected chi connectivity index (χ1v) is 5.10. The van der Waals surface area contributed by atoms with Crippen molar-refractivity contribution in [3.8, 4) is 0 Å². The molecule has 0 aliphatic rings. The van der Waals surface area contributed by atoms with Gasteiger partial charge in [0.25, 0.3) is 0 Å². The number of nitrogens with zero attached hydrogens (tertiary/aromatic N) is 2. The monoisotopic (exact) mass is 239 g/mol. The molecule has 0 aliphatic carbocycles. The summed E-state index contributed by atoms with van der Waals surface area (Å²) < 4.78 is 12.5. The fraction of sp³-hybridized carbons (Fsp3) is 0. The molecule has 0 amide bonds. The van der Waals surface area contributed by atoms with Crippen molar-refractivity contribution in [3.63, 3.8) is 0 Å². The van der Waals surface area contributed by atoms with Gasteiger partial charge in [0.15, 0.2) is 5.82 Å². The molecule has 2 rings (SSSR count). The van der Waals surface area contributed by atoms with Crippen molar-refractivity contribution in [1.29, 1.82) is 0 Å². The van der Waals surface area contributed by atoms with Crippen molar-refractivity contribution in [3.05, 3.63) is 35.2 Å². The average molecular weight is 239 g/mol. The topological polar surface area (TPSA) is 75.1 Å². The van der Waals surface area contributed by atoms with E-state index in [1.807, 2.05) is 0 Å². The Bertz CT molecular complexity index is 512. The zero-order valence-electron chi connectivity index (χ0n) is 7.85. The first kappa shape index (κ1) is 10.5. The summed E-state index contributed by atoms with van der Waals surface area (Å²) in [4.78, 5) is 18.1. The summed E-state index contributed by atoms with van der Waals surface area (Å²) in [5.41, 5.74) is 0.137. The van der Waals surface area contributed by atoms with Crippen LogP contribution in [-0.2, 0) is 0 Å². The molecule has 0 aromatic carbocycles. The van der Waals surface area contributed by atoms with Crippen LogP contribution in [0, 0.1) is 5.82 Å². The third kappa shape index (κ3) is 2.14. The van der Waals surface area contributed by atoms with E-state index in [1.54, 1.807) is 5.38 Å². The molecule has 0 unspecified atom stereocenters. The molecular weight excluding hydrogens is 233 g/mol. The molecule has 0 saturated heterocycles. The fourth-order valence-electron chi connectivity index (χ4n) is 1.05. The standard InChI is InChI=1S/C9H6FN3O2S/c10-5-3-11-9(12-4-5)13-7-6(8(14)15)1-2-16-7/h1-4H,(H,14,15)(H,11,12,13). The zero-order valence-corrected chi connectivity index (χ0v) is 8.66. The van der Waals surface area contributed by atoms with Gasteiger partial charge in [-0.2, -0.15) is 0 Å². The Balaban J connectivity index is 2.23. The number of anilines is 2. The maximum Gasteiger partial charge on any atom is 0.338 e. The minimum atomic E-state index is -1.04. The molecule has 2 heterocycles. The van der Waals surface area contributed by atoms with Gasteiger partial charge in [-0.25, -0.2) is 19.2 Å². The van der Waals surface area contributed by atoms with Crippen LogP contribution >= 0.6 is 11.3 Å². The van der Waals surface area contributed by atoms with Gasteiger partial charge in [-0.05, 0) is 11.4 Å². The number of thiophene rings is 1. The molecule has 5 nitrogen and oxygen atoms in total. The minimum absolute atomic E-state index is 0.137. The molecule has 2 aromatic heterocycles. The lowest BCUT2D eigenvalue weighted by molar-refractivity contribution is 0.0698. The van der Waals surface area contributed by atoms with Gasteiger partial charge in [-0.3, -0.25) is 0 Å². The van der Waals surface area contributed by atoms with Crippen molar-refractivity contribution in [2.24, 2.45) is 0 Å². The fourth-order valence-corrected chi connectivity index (χ4v) is 1.83. The van der Waals surface area contributed by atoms with E-state index in [9.17, 15) is 9.18 Å². The smallest absolute Gasteiger partial charge is 0.338 e. The van der Waals surface area contributed by atoms with E-state index >= 15 is 0 Å². The number of rotatable bonds is 3. The first-order valence-electron chi connectivity index (χ1n) is 4.22. The van der Waals surface area contributed by atoms with Crippen LogP contribution in [0.1, 0.15) is 10.4 Å². The quantitative estimate of drug-likeness (QED) is 0.858. The second-order valence-corrected chi connectivity index (χ2v) is 3.73. The van der Waals surface area contributed by atoms with Crippen LogP contribution in [0.2, 0.25) is 0 Å². The van der Waals surface area contributed by atoms with E-state index in [-0.39, 0.29) is 11.5 Å². The van der Waals surface area contributed by atoms with Crippen molar-refractivity contribution in [2.75, 3.05) is 5.32 Å². The van der Waals surface area contributed by atoms with Crippen LogP contribution in [-0.4, -0.2) is 21.0 Å². The summed E-state index contributed by atoms with van der Waals surface area (Å²) in [6.07, 6.45) is 2.01. The Labute approximate surface area is 93.6 Å². The lowest BCUT2D eigenvalue weighted by Gasteiger charge is -2.02. The highest BCUT2D eigenvalue weighted by atomic mass is 32.1. The van der Waals surface area contributed by atoms with Crippen molar-refractivity contribution in [1.82, 2.24) is 9.97 Å². The van der Waals surface area contributed by atoms with Gasteiger partial charge in [-0.1, -0.05) is 0 Å². The minimum Gasteiger partial charge on any atom is -0.478 e. The Morgan fingerprint density at radius 1 is 1.44 bits per heavy atom. The van der Waals surface area contributed by atoms with Gasteiger partial charge in [0, 0.05) is 0 Å². The Morgan fingerprint density at radius 3 is 2.75 bits per heavy atom. The molecule has 0 saturated carbocycles. The molecule has 82 valence electrons. The van der Waals surface area contributed by atoms with Gasteiger partial charge in [0.05, 0.1) is 18.0 Å². The number of carbonyl (C=O) groups is 1. The highest BCUT2D eigenvalue weighted by molar-refractivity contribution is 7.14. The summed E-state index contributed by atoms with van der Waals surface area (Å²) in [6.45, 7) is 0. The number of hydrogen-bond donors (Lipinski definition) is 2. The molecule has 0 spiro atoms. The molecule has 7 heteroatoms. The van der Waals surface area contributed by atoms with Crippen LogP contribution < -0.4 is 5.32 Å². The predicted octanol–water partition coefficient (Wildman–Crippen LogP) is 2.12. The molecule has 0 atom stereocenters. The average Bonchev–Trinajstić information content (AvgIpc) is 2.69. The van der Waals surface area contributed by atoms with Crippen molar-refractivity contribution in [2.45, 2.75) is 0 Å². The maximum atomic E-state index is 12.5.